The van der Waals surface area contributed by atoms with Crippen molar-refractivity contribution in [1.29, 1.82) is 0 Å². The van der Waals surface area contributed by atoms with E-state index in [0.717, 1.165) is 27.4 Å². The van der Waals surface area contributed by atoms with Crippen molar-refractivity contribution in [3.8, 4) is 22.5 Å². The summed E-state index contributed by atoms with van der Waals surface area (Å²) in [5, 5.41) is 11.3. The molecule has 5 nitrogen and oxygen atoms in total. The monoisotopic (exact) mass is 460 g/mol. The smallest absolute Gasteiger partial charge is 0.233 e. The first kappa shape index (κ1) is 22.2. The molecule has 7 heteroatoms. The van der Waals surface area contributed by atoms with E-state index in [1.807, 2.05) is 48.8 Å². The number of carbonyl (C=O) groups excluding carboxylic acids is 1. The second-order valence-electron chi connectivity index (χ2n) is 7.64. The molecule has 0 saturated carbocycles. The summed E-state index contributed by atoms with van der Waals surface area (Å²) in [7, 11) is 1.82. The number of aromatic nitrogens is 3. The molecule has 0 atom stereocenters. The van der Waals surface area contributed by atoms with Crippen LogP contribution in [0, 0.1) is 13.8 Å². The van der Waals surface area contributed by atoms with E-state index in [2.05, 4.69) is 48.3 Å². The Bertz CT molecular complexity index is 1190. The Morgan fingerprint density at radius 3 is 2.12 bits per heavy atom. The third-order valence-electron chi connectivity index (χ3n) is 5.04. The summed E-state index contributed by atoms with van der Waals surface area (Å²) in [6, 6.07) is 20.4. The number of nitrogens with zero attached hydrogens (tertiary/aromatic N) is 4. The molecule has 0 N–H and O–H groups in total. The summed E-state index contributed by atoms with van der Waals surface area (Å²) < 4.78 is 0. The molecule has 0 aliphatic heterocycles. The van der Waals surface area contributed by atoms with E-state index >= 15 is 0 Å². The fourth-order valence-electron chi connectivity index (χ4n) is 3.15. The Balaban J connectivity index is 1.56. The lowest BCUT2D eigenvalue weighted by Gasteiger charge is -2.16. The normalized spacial score (nSPS) is 10.8. The standard InChI is InChI=1S/C25H24N4OS2/c1-17-6-10-19(11-7-17)23-24(20-12-8-18(2)9-13-20)27-28-25(26-23)32-16-22(30)29(3)15-21-5-4-14-31-21/h4-14H,15-16H2,1-3H3. The molecule has 0 spiro atoms. The molecular formula is C25H24N4OS2. The van der Waals surface area contributed by atoms with Gasteiger partial charge in [-0.1, -0.05) is 77.5 Å². The van der Waals surface area contributed by atoms with Crippen LogP contribution in [-0.4, -0.2) is 38.8 Å². The fraction of sp³-hybridized carbons (Fsp3) is 0.200. The van der Waals surface area contributed by atoms with Crippen molar-refractivity contribution in [1.82, 2.24) is 20.1 Å². The maximum absolute atomic E-state index is 12.6. The lowest BCUT2D eigenvalue weighted by atomic mass is 10.0. The number of thioether (sulfide) groups is 1. The highest BCUT2D eigenvalue weighted by Gasteiger charge is 2.16. The Hall–Kier alpha value is -3.03. The molecule has 162 valence electrons. The van der Waals surface area contributed by atoms with E-state index in [1.165, 1.54) is 22.9 Å². The molecule has 0 bridgehead atoms. The summed E-state index contributed by atoms with van der Waals surface area (Å²) in [5.74, 6) is 0.298. The van der Waals surface area contributed by atoms with Crippen LogP contribution in [0.4, 0.5) is 0 Å². The van der Waals surface area contributed by atoms with Crippen molar-refractivity contribution in [2.45, 2.75) is 25.5 Å². The van der Waals surface area contributed by atoms with Gasteiger partial charge < -0.3 is 4.90 Å². The number of aryl methyl sites for hydroxylation is 2. The molecule has 4 aromatic rings. The summed E-state index contributed by atoms with van der Waals surface area (Å²) in [5.41, 5.74) is 5.81. The van der Waals surface area contributed by atoms with Crippen LogP contribution in [-0.2, 0) is 11.3 Å². The maximum atomic E-state index is 12.6. The second kappa shape index (κ2) is 10.1. The number of thiophene rings is 1. The van der Waals surface area contributed by atoms with Gasteiger partial charge in [0.15, 0.2) is 0 Å². The van der Waals surface area contributed by atoms with E-state index < -0.39 is 0 Å². The van der Waals surface area contributed by atoms with Gasteiger partial charge in [-0.3, -0.25) is 4.79 Å². The summed E-state index contributed by atoms with van der Waals surface area (Å²) in [6.07, 6.45) is 0. The lowest BCUT2D eigenvalue weighted by molar-refractivity contribution is -0.127. The molecule has 0 aliphatic rings. The van der Waals surface area contributed by atoms with Crippen LogP contribution in [0.3, 0.4) is 0 Å². The molecule has 1 amide bonds. The first-order chi connectivity index (χ1) is 15.5. The summed E-state index contributed by atoms with van der Waals surface area (Å²) >= 11 is 2.96. The quantitative estimate of drug-likeness (QED) is 0.334. The lowest BCUT2D eigenvalue weighted by Crippen LogP contribution is -2.27. The van der Waals surface area contributed by atoms with Crippen molar-refractivity contribution in [3.05, 3.63) is 82.0 Å². The van der Waals surface area contributed by atoms with Crippen LogP contribution in [0.15, 0.2) is 71.2 Å². The summed E-state index contributed by atoms with van der Waals surface area (Å²) in [4.78, 5) is 20.3. The van der Waals surface area contributed by atoms with E-state index in [9.17, 15) is 4.79 Å². The van der Waals surface area contributed by atoms with Crippen LogP contribution < -0.4 is 0 Å². The highest BCUT2D eigenvalue weighted by atomic mass is 32.2. The van der Waals surface area contributed by atoms with Crippen molar-refractivity contribution in [3.63, 3.8) is 0 Å². The van der Waals surface area contributed by atoms with Crippen molar-refractivity contribution < 1.29 is 4.79 Å². The van der Waals surface area contributed by atoms with E-state index in [4.69, 9.17) is 4.98 Å². The zero-order valence-corrected chi connectivity index (χ0v) is 19.9. The van der Waals surface area contributed by atoms with Gasteiger partial charge in [-0.2, -0.15) is 0 Å². The van der Waals surface area contributed by atoms with E-state index in [0.29, 0.717) is 11.7 Å². The number of hydrogen-bond acceptors (Lipinski definition) is 6. The Morgan fingerprint density at radius 2 is 1.53 bits per heavy atom. The Morgan fingerprint density at radius 1 is 0.906 bits per heavy atom. The van der Waals surface area contributed by atoms with E-state index in [1.54, 1.807) is 16.2 Å². The van der Waals surface area contributed by atoms with Crippen LogP contribution in [0.5, 0.6) is 0 Å². The van der Waals surface area contributed by atoms with Crippen LogP contribution >= 0.6 is 23.1 Å². The van der Waals surface area contributed by atoms with Crippen LogP contribution in [0.25, 0.3) is 22.5 Å². The first-order valence-electron chi connectivity index (χ1n) is 10.3. The fourth-order valence-corrected chi connectivity index (χ4v) is 4.64. The highest BCUT2D eigenvalue weighted by Crippen LogP contribution is 2.30. The largest absolute Gasteiger partial charge is 0.340 e. The minimum atomic E-state index is 0.0338. The van der Waals surface area contributed by atoms with Gasteiger partial charge in [-0.05, 0) is 25.3 Å². The molecule has 32 heavy (non-hydrogen) atoms. The Labute approximate surface area is 196 Å². The third kappa shape index (κ3) is 5.41. The molecule has 0 aliphatic carbocycles. The van der Waals surface area contributed by atoms with Gasteiger partial charge in [0.2, 0.25) is 11.1 Å². The number of rotatable bonds is 7. The average Bonchev–Trinajstić information content (AvgIpc) is 3.31. The van der Waals surface area contributed by atoms with Gasteiger partial charge in [0.1, 0.15) is 11.4 Å². The van der Waals surface area contributed by atoms with Crippen LogP contribution in [0.1, 0.15) is 16.0 Å². The van der Waals surface area contributed by atoms with Gasteiger partial charge in [0.05, 0.1) is 12.3 Å². The molecule has 0 fully saturated rings. The Kier molecular flexibility index (Phi) is 6.97. The van der Waals surface area contributed by atoms with Crippen molar-refractivity contribution in [2.75, 3.05) is 12.8 Å². The van der Waals surface area contributed by atoms with Gasteiger partial charge in [0.25, 0.3) is 0 Å². The molecule has 4 rings (SSSR count). The van der Waals surface area contributed by atoms with Gasteiger partial charge in [-0.25, -0.2) is 4.98 Å². The molecule has 0 saturated heterocycles. The van der Waals surface area contributed by atoms with E-state index in [-0.39, 0.29) is 11.7 Å². The first-order valence-corrected chi connectivity index (χ1v) is 12.1. The molecular weight excluding hydrogens is 436 g/mol. The minimum absolute atomic E-state index is 0.0338. The third-order valence-corrected chi connectivity index (χ3v) is 6.72. The predicted molar refractivity (Wildman–Crippen MR) is 132 cm³/mol. The second-order valence-corrected chi connectivity index (χ2v) is 9.62. The number of benzene rings is 2. The minimum Gasteiger partial charge on any atom is -0.340 e. The van der Waals surface area contributed by atoms with Crippen LogP contribution in [0.2, 0.25) is 0 Å². The molecule has 2 aromatic heterocycles. The molecule has 2 heterocycles. The number of carbonyl (C=O) groups is 1. The van der Waals surface area contributed by atoms with Crippen molar-refractivity contribution >= 4 is 29.0 Å². The maximum Gasteiger partial charge on any atom is 0.233 e. The SMILES string of the molecule is Cc1ccc(-c2nnc(SCC(=O)N(C)Cc3cccs3)nc2-c2ccc(C)cc2)cc1. The summed E-state index contributed by atoms with van der Waals surface area (Å²) in [6.45, 7) is 4.72. The van der Waals surface area contributed by atoms with Crippen molar-refractivity contribution in [2.24, 2.45) is 0 Å². The zero-order chi connectivity index (χ0) is 22.5. The topological polar surface area (TPSA) is 59.0 Å². The van der Waals surface area contributed by atoms with Gasteiger partial charge >= 0.3 is 0 Å². The van der Waals surface area contributed by atoms with Gasteiger partial charge in [-0.15, -0.1) is 21.5 Å². The molecule has 0 unspecified atom stereocenters. The zero-order valence-electron chi connectivity index (χ0n) is 18.3. The number of amides is 1. The number of hydrogen-bond donors (Lipinski definition) is 0. The average molecular weight is 461 g/mol. The van der Waals surface area contributed by atoms with Gasteiger partial charge in [0, 0.05) is 23.1 Å². The molecule has 0 radical (unpaired) electrons. The predicted octanol–water partition coefficient (Wildman–Crippen LogP) is 5.63. The molecule has 2 aromatic carbocycles. The highest BCUT2D eigenvalue weighted by molar-refractivity contribution is 7.99.